The summed E-state index contributed by atoms with van der Waals surface area (Å²) >= 11 is 0. The predicted molar refractivity (Wildman–Crippen MR) is 99.8 cm³/mol. The smallest absolute Gasteiger partial charge is 0.243 e. The van der Waals surface area contributed by atoms with Crippen LogP contribution in [0.4, 0.5) is 11.6 Å². The fraction of sp³-hybridized carbons (Fsp3) is 0.421. The molecule has 1 aromatic heterocycles. The Bertz CT molecular complexity index is 695. The van der Waals surface area contributed by atoms with Gasteiger partial charge in [0.25, 0.3) is 0 Å². The first-order chi connectivity index (χ1) is 11.6. The summed E-state index contributed by atoms with van der Waals surface area (Å²) in [5.41, 5.74) is 8.15. The van der Waals surface area contributed by atoms with E-state index in [0.29, 0.717) is 5.95 Å². The monoisotopic (exact) mass is 323 g/mol. The van der Waals surface area contributed by atoms with Crippen LogP contribution in [0.5, 0.6) is 0 Å². The standard InChI is InChI=1S/C19H25N5/c1-14-13-15(2)21-19(20-14)23-22-16(3)17-7-9-18(10-8-17)24-11-5-4-6-12-24/h7-10,13H,4-6,11-12H2,1-3H3,(H,20,21,23)/b22-16-. The lowest BCUT2D eigenvalue weighted by Gasteiger charge is -2.28. The van der Waals surface area contributed by atoms with E-state index in [2.05, 4.69) is 49.7 Å². The number of aryl methyl sites for hydroxylation is 2. The molecule has 1 aliphatic rings. The highest BCUT2D eigenvalue weighted by atomic mass is 15.4. The Hall–Kier alpha value is -2.43. The molecule has 0 spiro atoms. The van der Waals surface area contributed by atoms with Gasteiger partial charge in [0.2, 0.25) is 5.95 Å². The summed E-state index contributed by atoms with van der Waals surface area (Å²) < 4.78 is 0. The van der Waals surface area contributed by atoms with E-state index in [1.807, 2.05) is 26.8 Å². The van der Waals surface area contributed by atoms with Gasteiger partial charge in [-0.3, -0.25) is 0 Å². The molecule has 0 unspecified atom stereocenters. The molecular formula is C19H25N5. The van der Waals surface area contributed by atoms with E-state index in [4.69, 9.17) is 0 Å². The first-order valence-electron chi connectivity index (χ1n) is 8.60. The number of hydrazone groups is 1. The molecule has 1 aromatic carbocycles. The van der Waals surface area contributed by atoms with Crippen molar-refractivity contribution in [2.45, 2.75) is 40.0 Å². The fourth-order valence-electron chi connectivity index (χ4n) is 3.04. The van der Waals surface area contributed by atoms with Gasteiger partial charge in [-0.25, -0.2) is 15.4 Å². The Kier molecular flexibility index (Phi) is 5.08. The average molecular weight is 323 g/mol. The molecule has 0 amide bonds. The van der Waals surface area contributed by atoms with Gasteiger partial charge < -0.3 is 4.90 Å². The minimum atomic E-state index is 0.539. The maximum Gasteiger partial charge on any atom is 0.243 e. The number of rotatable bonds is 4. The molecule has 3 rings (SSSR count). The Morgan fingerprint density at radius 3 is 2.25 bits per heavy atom. The van der Waals surface area contributed by atoms with Gasteiger partial charge in [-0.15, -0.1) is 0 Å². The van der Waals surface area contributed by atoms with E-state index in [1.165, 1.54) is 24.9 Å². The lowest BCUT2D eigenvalue weighted by Crippen LogP contribution is -2.29. The van der Waals surface area contributed by atoms with E-state index in [9.17, 15) is 0 Å². The van der Waals surface area contributed by atoms with Crippen molar-refractivity contribution >= 4 is 17.3 Å². The van der Waals surface area contributed by atoms with Crippen LogP contribution in [0.3, 0.4) is 0 Å². The molecule has 0 aliphatic carbocycles. The van der Waals surface area contributed by atoms with Gasteiger partial charge in [0.1, 0.15) is 0 Å². The summed E-state index contributed by atoms with van der Waals surface area (Å²) in [7, 11) is 0. The van der Waals surface area contributed by atoms with E-state index in [0.717, 1.165) is 35.8 Å². The van der Waals surface area contributed by atoms with Crippen LogP contribution < -0.4 is 10.3 Å². The van der Waals surface area contributed by atoms with Gasteiger partial charge in [-0.2, -0.15) is 5.10 Å². The summed E-state index contributed by atoms with van der Waals surface area (Å²) in [6.07, 6.45) is 3.94. The quantitative estimate of drug-likeness (QED) is 0.684. The van der Waals surface area contributed by atoms with Crippen LogP contribution in [0.25, 0.3) is 0 Å². The molecule has 1 fully saturated rings. The number of hydrogen-bond donors (Lipinski definition) is 1. The highest BCUT2D eigenvalue weighted by Gasteiger charge is 2.10. The van der Waals surface area contributed by atoms with Crippen molar-refractivity contribution in [1.29, 1.82) is 0 Å². The number of anilines is 2. The Morgan fingerprint density at radius 2 is 1.62 bits per heavy atom. The summed E-state index contributed by atoms with van der Waals surface area (Å²) in [4.78, 5) is 11.1. The molecule has 2 aromatic rings. The molecule has 0 saturated carbocycles. The maximum absolute atomic E-state index is 4.42. The van der Waals surface area contributed by atoms with E-state index in [-0.39, 0.29) is 0 Å². The second-order valence-corrected chi connectivity index (χ2v) is 6.38. The molecule has 0 bridgehead atoms. The average Bonchev–Trinajstić information content (AvgIpc) is 2.60. The molecule has 24 heavy (non-hydrogen) atoms. The van der Waals surface area contributed by atoms with Gasteiger partial charge >= 0.3 is 0 Å². The highest BCUT2D eigenvalue weighted by molar-refractivity contribution is 5.99. The molecule has 2 heterocycles. The zero-order chi connectivity index (χ0) is 16.9. The van der Waals surface area contributed by atoms with Crippen molar-refractivity contribution < 1.29 is 0 Å². The second-order valence-electron chi connectivity index (χ2n) is 6.38. The molecule has 0 atom stereocenters. The van der Waals surface area contributed by atoms with Crippen molar-refractivity contribution in [3.8, 4) is 0 Å². The van der Waals surface area contributed by atoms with Gasteiger partial charge in [0.05, 0.1) is 5.71 Å². The number of aromatic nitrogens is 2. The molecule has 0 radical (unpaired) electrons. The third-order valence-corrected chi connectivity index (χ3v) is 4.31. The second kappa shape index (κ2) is 7.43. The van der Waals surface area contributed by atoms with E-state index in [1.54, 1.807) is 0 Å². The largest absolute Gasteiger partial charge is 0.372 e. The fourth-order valence-corrected chi connectivity index (χ4v) is 3.04. The Labute approximate surface area is 143 Å². The van der Waals surface area contributed by atoms with Gasteiger partial charge in [-0.1, -0.05) is 12.1 Å². The lowest BCUT2D eigenvalue weighted by atomic mass is 10.1. The minimum absolute atomic E-state index is 0.539. The van der Waals surface area contributed by atoms with Crippen LogP contribution in [0, 0.1) is 13.8 Å². The van der Waals surface area contributed by atoms with Gasteiger partial charge in [-0.05, 0) is 63.8 Å². The van der Waals surface area contributed by atoms with Crippen molar-refractivity contribution in [3.05, 3.63) is 47.3 Å². The van der Waals surface area contributed by atoms with E-state index < -0.39 is 0 Å². The van der Waals surface area contributed by atoms with Crippen LogP contribution >= 0.6 is 0 Å². The molecule has 1 aliphatic heterocycles. The number of piperidine rings is 1. The topological polar surface area (TPSA) is 53.4 Å². The van der Waals surface area contributed by atoms with Crippen molar-refractivity contribution in [3.63, 3.8) is 0 Å². The molecule has 1 N–H and O–H groups in total. The third kappa shape index (κ3) is 4.10. The third-order valence-electron chi connectivity index (χ3n) is 4.31. The first kappa shape index (κ1) is 16.4. The SMILES string of the molecule is C/C(=N/Nc1nc(C)cc(C)n1)c1ccc(N2CCCCC2)cc1. The van der Waals surface area contributed by atoms with E-state index >= 15 is 0 Å². The van der Waals surface area contributed by atoms with Crippen LogP contribution in [-0.4, -0.2) is 28.8 Å². The summed E-state index contributed by atoms with van der Waals surface area (Å²) in [5.74, 6) is 0.539. The zero-order valence-electron chi connectivity index (χ0n) is 14.7. The molecule has 126 valence electrons. The molecular weight excluding hydrogens is 298 g/mol. The number of benzene rings is 1. The Balaban J connectivity index is 1.68. The normalized spacial score (nSPS) is 15.5. The summed E-state index contributed by atoms with van der Waals surface area (Å²) in [6, 6.07) is 10.6. The van der Waals surface area contributed by atoms with Gasteiger partial charge in [0.15, 0.2) is 0 Å². The molecule has 1 saturated heterocycles. The number of nitrogens with one attached hydrogen (secondary N) is 1. The van der Waals surface area contributed by atoms with Crippen LogP contribution in [0.1, 0.15) is 43.1 Å². The minimum Gasteiger partial charge on any atom is -0.372 e. The maximum atomic E-state index is 4.42. The van der Waals surface area contributed by atoms with Crippen LogP contribution in [0.2, 0.25) is 0 Å². The lowest BCUT2D eigenvalue weighted by molar-refractivity contribution is 0.578. The molecule has 5 nitrogen and oxygen atoms in total. The zero-order valence-corrected chi connectivity index (χ0v) is 14.7. The Morgan fingerprint density at radius 1 is 1.00 bits per heavy atom. The van der Waals surface area contributed by atoms with Crippen LogP contribution in [-0.2, 0) is 0 Å². The van der Waals surface area contributed by atoms with Gasteiger partial charge in [0, 0.05) is 30.2 Å². The first-order valence-corrected chi connectivity index (χ1v) is 8.60. The van der Waals surface area contributed by atoms with Crippen molar-refractivity contribution in [1.82, 2.24) is 9.97 Å². The number of nitrogens with zero attached hydrogens (tertiary/aromatic N) is 4. The summed E-state index contributed by atoms with van der Waals surface area (Å²) in [6.45, 7) is 8.23. The van der Waals surface area contributed by atoms with Crippen molar-refractivity contribution in [2.24, 2.45) is 5.10 Å². The molecule has 5 heteroatoms. The van der Waals surface area contributed by atoms with Crippen molar-refractivity contribution in [2.75, 3.05) is 23.4 Å². The predicted octanol–water partition coefficient (Wildman–Crippen LogP) is 3.92. The number of hydrogen-bond acceptors (Lipinski definition) is 5. The summed E-state index contributed by atoms with van der Waals surface area (Å²) in [5, 5.41) is 4.42. The highest BCUT2D eigenvalue weighted by Crippen LogP contribution is 2.20. The van der Waals surface area contributed by atoms with Crippen LogP contribution in [0.15, 0.2) is 35.4 Å².